The highest BCUT2D eigenvalue weighted by Crippen LogP contribution is 2.21. The van der Waals surface area contributed by atoms with Crippen LogP contribution in [0.3, 0.4) is 0 Å². The molecule has 0 aliphatic carbocycles. The predicted octanol–water partition coefficient (Wildman–Crippen LogP) is 1.69. The van der Waals surface area contributed by atoms with Crippen molar-refractivity contribution >= 4 is 11.6 Å². The van der Waals surface area contributed by atoms with Gasteiger partial charge in [-0.2, -0.15) is 0 Å². The number of phenols is 2. The summed E-state index contributed by atoms with van der Waals surface area (Å²) < 4.78 is 0. The molecule has 1 aromatic rings. The Balaban J connectivity index is 3.01. The fraction of sp³-hybridized carbons (Fsp3) is 0.111. The maximum absolute atomic E-state index is 9.21. The fourth-order valence-corrected chi connectivity index (χ4v) is 0.821. The van der Waals surface area contributed by atoms with Gasteiger partial charge in [0.05, 0.1) is 11.4 Å². The molecule has 1 aromatic carbocycles. The number of hydrogen-bond acceptors (Lipinski definition) is 2. The van der Waals surface area contributed by atoms with Crippen molar-refractivity contribution < 1.29 is 10.2 Å². The summed E-state index contributed by atoms with van der Waals surface area (Å²) in [6.45, 7) is 0. The summed E-state index contributed by atoms with van der Waals surface area (Å²) >= 11 is 5.33. The van der Waals surface area contributed by atoms with Gasteiger partial charge >= 0.3 is 0 Å². The van der Waals surface area contributed by atoms with Crippen LogP contribution in [0.15, 0.2) is 18.2 Å². The highest BCUT2D eigenvalue weighted by atomic mass is 35.5. The minimum absolute atomic E-state index is 0.0175. The lowest BCUT2D eigenvalue weighted by atomic mass is 10.2. The van der Waals surface area contributed by atoms with Crippen LogP contribution in [0.25, 0.3) is 0 Å². The van der Waals surface area contributed by atoms with Crippen molar-refractivity contribution in [3.05, 3.63) is 23.8 Å². The van der Waals surface area contributed by atoms with E-state index < -0.39 is 0 Å². The lowest BCUT2D eigenvalue weighted by Gasteiger charge is -1.96. The van der Waals surface area contributed by atoms with E-state index in [4.69, 9.17) is 16.7 Å². The molecule has 0 fully saturated rings. The molecule has 12 heavy (non-hydrogen) atoms. The molecule has 2 N–H and O–H groups in total. The number of aromatic hydroxyl groups is 2. The number of rotatable bonds is 0. The molecule has 0 unspecified atom stereocenters. The van der Waals surface area contributed by atoms with Crippen LogP contribution in [0.4, 0.5) is 0 Å². The summed E-state index contributed by atoms with van der Waals surface area (Å²) in [6, 6.07) is 4.22. The molecule has 0 saturated carbocycles. The minimum Gasteiger partial charge on any atom is -0.508 e. The third-order valence-electron chi connectivity index (χ3n) is 1.27. The number of hydrogen-bond donors (Lipinski definition) is 2. The third-order valence-corrected chi connectivity index (χ3v) is 1.40. The van der Waals surface area contributed by atoms with Crippen molar-refractivity contribution in [2.75, 3.05) is 5.88 Å². The summed E-state index contributed by atoms with van der Waals surface area (Å²) in [5, 5.41) is 18.1. The molecule has 0 aromatic heterocycles. The Kier molecular flexibility index (Phi) is 2.84. The first kappa shape index (κ1) is 8.76. The van der Waals surface area contributed by atoms with Crippen molar-refractivity contribution in [3.63, 3.8) is 0 Å². The zero-order valence-electron chi connectivity index (χ0n) is 6.21. The Labute approximate surface area is 75.4 Å². The highest BCUT2D eigenvalue weighted by Gasteiger charge is 1.97. The normalized spacial score (nSPS) is 8.75. The van der Waals surface area contributed by atoms with Gasteiger partial charge in [0.25, 0.3) is 0 Å². The monoisotopic (exact) mass is 182 g/mol. The molecule has 62 valence electrons. The van der Waals surface area contributed by atoms with Crippen LogP contribution in [-0.4, -0.2) is 16.1 Å². The van der Waals surface area contributed by atoms with Crippen molar-refractivity contribution in [2.45, 2.75) is 0 Å². The smallest absolute Gasteiger partial charge is 0.134 e. The van der Waals surface area contributed by atoms with E-state index in [0.717, 1.165) is 0 Å². The van der Waals surface area contributed by atoms with E-state index in [1.54, 1.807) is 0 Å². The molecule has 1 rings (SSSR count). The van der Waals surface area contributed by atoms with Crippen molar-refractivity contribution in [1.82, 2.24) is 0 Å². The molecule has 3 heteroatoms. The number of alkyl halides is 1. The van der Waals surface area contributed by atoms with Crippen molar-refractivity contribution in [1.29, 1.82) is 0 Å². The molecule has 0 radical (unpaired) electrons. The Morgan fingerprint density at radius 3 is 2.67 bits per heavy atom. The van der Waals surface area contributed by atoms with Gasteiger partial charge < -0.3 is 10.2 Å². The first-order valence-electron chi connectivity index (χ1n) is 3.31. The molecule has 2 nitrogen and oxygen atoms in total. The molecule has 0 aliphatic rings. The average molecular weight is 183 g/mol. The average Bonchev–Trinajstić information content (AvgIpc) is 2.03. The van der Waals surface area contributed by atoms with Gasteiger partial charge in [-0.15, -0.1) is 11.6 Å². The number of halogens is 1. The summed E-state index contributed by atoms with van der Waals surface area (Å²) in [6.07, 6.45) is 0. The fourth-order valence-electron chi connectivity index (χ4n) is 0.754. The molecule has 0 atom stereocenters. The molecule has 0 aliphatic heterocycles. The topological polar surface area (TPSA) is 40.5 Å². The number of benzene rings is 1. The van der Waals surface area contributed by atoms with Crippen LogP contribution < -0.4 is 0 Å². The molecular weight excluding hydrogens is 176 g/mol. The maximum Gasteiger partial charge on any atom is 0.134 e. The Bertz CT molecular complexity index is 336. The summed E-state index contributed by atoms with van der Waals surface area (Å²) in [5.74, 6) is 5.45. The molecule has 0 spiro atoms. The van der Waals surface area contributed by atoms with Crippen LogP contribution in [-0.2, 0) is 0 Å². The van der Waals surface area contributed by atoms with Gasteiger partial charge in [-0.25, -0.2) is 0 Å². The van der Waals surface area contributed by atoms with E-state index in [2.05, 4.69) is 11.8 Å². The van der Waals surface area contributed by atoms with Gasteiger partial charge in [0, 0.05) is 6.07 Å². The molecule has 0 bridgehead atoms. The second-order valence-corrected chi connectivity index (χ2v) is 2.40. The van der Waals surface area contributed by atoms with Gasteiger partial charge in [0.1, 0.15) is 11.5 Å². The van der Waals surface area contributed by atoms with E-state index in [1.807, 2.05) is 0 Å². The summed E-state index contributed by atoms with van der Waals surface area (Å²) in [4.78, 5) is 0. The second kappa shape index (κ2) is 3.89. The molecular formula is C9H7ClO2. The van der Waals surface area contributed by atoms with Crippen molar-refractivity contribution in [2.24, 2.45) is 0 Å². The first-order valence-corrected chi connectivity index (χ1v) is 3.84. The Hall–Kier alpha value is -1.33. The van der Waals surface area contributed by atoms with Gasteiger partial charge in [0.15, 0.2) is 0 Å². The first-order chi connectivity index (χ1) is 5.74. The van der Waals surface area contributed by atoms with Crippen LogP contribution in [0, 0.1) is 11.8 Å². The zero-order chi connectivity index (χ0) is 8.97. The zero-order valence-corrected chi connectivity index (χ0v) is 6.97. The van der Waals surface area contributed by atoms with E-state index in [-0.39, 0.29) is 17.4 Å². The Morgan fingerprint density at radius 1 is 1.33 bits per heavy atom. The Morgan fingerprint density at radius 2 is 2.08 bits per heavy atom. The third kappa shape index (κ3) is 2.08. The minimum atomic E-state index is -0.0346. The van der Waals surface area contributed by atoms with Crippen LogP contribution in [0.2, 0.25) is 0 Å². The van der Waals surface area contributed by atoms with Crippen molar-refractivity contribution in [3.8, 4) is 23.3 Å². The molecule has 0 heterocycles. The van der Waals surface area contributed by atoms with Crippen LogP contribution >= 0.6 is 11.6 Å². The van der Waals surface area contributed by atoms with E-state index in [9.17, 15) is 5.11 Å². The van der Waals surface area contributed by atoms with E-state index >= 15 is 0 Å². The van der Waals surface area contributed by atoms with Gasteiger partial charge in [-0.05, 0) is 12.1 Å². The van der Waals surface area contributed by atoms with Crippen LogP contribution in [0.5, 0.6) is 11.5 Å². The molecule has 0 amide bonds. The van der Waals surface area contributed by atoms with Crippen LogP contribution in [0.1, 0.15) is 5.56 Å². The van der Waals surface area contributed by atoms with Gasteiger partial charge in [-0.3, -0.25) is 0 Å². The standard InChI is InChI=1S/C9H7ClO2/c10-5-1-2-7-3-4-8(11)6-9(7)12/h3-4,6,11-12H,5H2. The lowest BCUT2D eigenvalue weighted by Crippen LogP contribution is -1.76. The van der Waals surface area contributed by atoms with E-state index in [1.165, 1.54) is 18.2 Å². The largest absolute Gasteiger partial charge is 0.508 e. The lowest BCUT2D eigenvalue weighted by molar-refractivity contribution is 0.449. The summed E-state index contributed by atoms with van der Waals surface area (Å²) in [7, 11) is 0. The predicted molar refractivity (Wildman–Crippen MR) is 47.4 cm³/mol. The quantitative estimate of drug-likeness (QED) is 0.474. The van der Waals surface area contributed by atoms with E-state index in [0.29, 0.717) is 5.56 Å². The summed E-state index contributed by atoms with van der Waals surface area (Å²) in [5.41, 5.74) is 0.466. The second-order valence-electron chi connectivity index (χ2n) is 2.14. The molecule has 0 saturated heterocycles. The maximum atomic E-state index is 9.21. The number of phenolic OH excluding ortho intramolecular Hbond substituents is 2. The van der Waals surface area contributed by atoms with Gasteiger partial charge in [-0.1, -0.05) is 11.8 Å². The SMILES string of the molecule is Oc1ccc(C#CCCl)c(O)c1. The van der Waals surface area contributed by atoms with Gasteiger partial charge in [0.2, 0.25) is 0 Å². The highest BCUT2D eigenvalue weighted by molar-refractivity contribution is 6.19.